The standard InChI is InChI=1S/C22H26N4O2S2/c1-6-22(4,5)23-20(27)19(18-8-7-9-29-18)26(21(28)17-13-30-25-24-17)16-11-14(2)10-15(3)12-16/h7-13,19H,6H2,1-5H3,(H,23,27)/t19-/m0/s1. The van der Waals surface area contributed by atoms with Crippen molar-refractivity contribution in [2.24, 2.45) is 0 Å². The van der Waals surface area contributed by atoms with Crippen LogP contribution in [0.15, 0.2) is 41.1 Å². The zero-order valence-electron chi connectivity index (χ0n) is 17.8. The van der Waals surface area contributed by atoms with Crippen molar-refractivity contribution < 1.29 is 9.59 Å². The van der Waals surface area contributed by atoms with E-state index in [1.54, 1.807) is 10.3 Å². The van der Waals surface area contributed by atoms with Crippen LogP contribution in [0.4, 0.5) is 5.69 Å². The number of benzene rings is 1. The first kappa shape index (κ1) is 22.1. The van der Waals surface area contributed by atoms with Crippen molar-refractivity contribution in [1.29, 1.82) is 0 Å². The van der Waals surface area contributed by atoms with Crippen molar-refractivity contribution >= 4 is 40.4 Å². The highest BCUT2D eigenvalue weighted by molar-refractivity contribution is 7.10. The minimum atomic E-state index is -0.814. The van der Waals surface area contributed by atoms with Crippen molar-refractivity contribution in [3.8, 4) is 0 Å². The lowest BCUT2D eigenvalue weighted by molar-refractivity contribution is -0.124. The van der Waals surface area contributed by atoms with Gasteiger partial charge in [0.15, 0.2) is 11.7 Å². The molecule has 0 saturated carbocycles. The molecular weight excluding hydrogens is 416 g/mol. The average Bonchev–Trinajstić information content (AvgIpc) is 3.38. The highest BCUT2D eigenvalue weighted by Gasteiger charge is 2.37. The number of aryl methyl sites for hydroxylation is 2. The van der Waals surface area contributed by atoms with Gasteiger partial charge in [-0.1, -0.05) is 23.5 Å². The molecule has 30 heavy (non-hydrogen) atoms. The van der Waals surface area contributed by atoms with E-state index in [0.717, 1.165) is 34.0 Å². The highest BCUT2D eigenvalue weighted by atomic mass is 32.1. The van der Waals surface area contributed by atoms with Gasteiger partial charge in [0.2, 0.25) is 5.91 Å². The number of nitrogens with one attached hydrogen (secondary N) is 1. The topological polar surface area (TPSA) is 75.2 Å². The molecule has 2 amide bonds. The Morgan fingerprint density at radius 3 is 2.43 bits per heavy atom. The fraction of sp³-hybridized carbons (Fsp3) is 0.364. The van der Waals surface area contributed by atoms with E-state index in [1.165, 1.54) is 11.3 Å². The maximum Gasteiger partial charge on any atom is 0.280 e. The van der Waals surface area contributed by atoms with Crippen LogP contribution in [0.3, 0.4) is 0 Å². The van der Waals surface area contributed by atoms with E-state index >= 15 is 0 Å². The first-order valence-corrected chi connectivity index (χ1v) is 11.5. The fourth-order valence-electron chi connectivity index (χ4n) is 3.17. The maximum atomic E-state index is 13.6. The van der Waals surface area contributed by atoms with E-state index in [1.807, 2.05) is 70.3 Å². The molecule has 0 unspecified atom stereocenters. The zero-order chi connectivity index (χ0) is 21.9. The summed E-state index contributed by atoms with van der Waals surface area (Å²) in [7, 11) is 0. The Morgan fingerprint density at radius 1 is 1.20 bits per heavy atom. The second-order valence-corrected chi connectivity index (χ2v) is 9.54. The van der Waals surface area contributed by atoms with Gasteiger partial charge in [0.05, 0.1) is 0 Å². The maximum absolute atomic E-state index is 13.6. The molecule has 6 nitrogen and oxygen atoms in total. The number of hydrogen-bond donors (Lipinski definition) is 1. The van der Waals surface area contributed by atoms with Crippen LogP contribution in [0.25, 0.3) is 0 Å². The van der Waals surface area contributed by atoms with Crippen LogP contribution in [0.2, 0.25) is 0 Å². The number of hydrogen-bond acceptors (Lipinski definition) is 6. The molecule has 0 fully saturated rings. The molecule has 1 aromatic carbocycles. The van der Waals surface area contributed by atoms with Gasteiger partial charge in [-0.25, -0.2) is 0 Å². The first-order chi connectivity index (χ1) is 14.2. The lowest BCUT2D eigenvalue weighted by Crippen LogP contribution is -2.50. The van der Waals surface area contributed by atoms with Crippen LogP contribution in [0.5, 0.6) is 0 Å². The van der Waals surface area contributed by atoms with Crippen LogP contribution in [-0.4, -0.2) is 26.9 Å². The molecule has 0 saturated heterocycles. The van der Waals surface area contributed by atoms with E-state index < -0.39 is 11.6 Å². The summed E-state index contributed by atoms with van der Waals surface area (Å²) in [6.45, 7) is 9.93. The molecule has 0 bridgehead atoms. The van der Waals surface area contributed by atoms with Crippen molar-refractivity contribution in [3.63, 3.8) is 0 Å². The number of carbonyl (C=O) groups is 2. The van der Waals surface area contributed by atoms with Gasteiger partial charge in [-0.05, 0) is 80.4 Å². The Morgan fingerprint density at radius 2 is 1.90 bits per heavy atom. The van der Waals surface area contributed by atoms with Crippen molar-refractivity contribution in [2.75, 3.05) is 4.90 Å². The Bertz CT molecular complexity index is 994. The number of carbonyl (C=O) groups excluding carboxylic acids is 2. The fourth-order valence-corrected chi connectivity index (χ4v) is 4.41. The third kappa shape index (κ3) is 4.94. The van der Waals surface area contributed by atoms with E-state index in [2.05, 4.69) is 14.9 Å². The Balaban J connectivity index is 2.16. The van der Waals surface area contributed by atoms with Gasteiger partial charge in [-0.15, -0.1) is 16.4 Å². The van der Waals surface area contributed by atoms with E-state index in [0.29, 0.717) is 5.69 Å². The number of anilines is 1. The minimum Gasteiger partial charge on any atom is -0.349 e. The highest BCUT2D eigenvalue weighted by Crippen LogP contribution is 2.33. The van der Waals surface area contributed by atoms with Gasteiger partial charge in [-0.3, -0.25) is 14.5 Å². The van der Waals surface area contributed by atoms with E-state index in [-0.39, 0.29) is 17.5 Å². The van der Waals surface area contributed by atoms with Crippen molar-refractivity contribution in [2.45, 2.75) is 52.6 Å². The van der Waals surface area contributed by atoms with Crippen LogP contribution >= 0.6 is 22.9 Å². The molecule has 0 spiro atoms. The van der Waals surface area contributed by atoms with Gasteiger partial charge in [0.25, 0.3) is 5.91 Å². The Kier molecular flexibility index (Phi) is 6.67. The zero-order valence-corrected chi connectivity index (χ0v) is 19.4. The molecule has 0 aliphatic rings. The molecule has 2 aromatic heterocycles. The van der Waals surface area contributed by atoms with E-state index in [9.17, 15) is 9.59 Å². The number of amides is 2. The summed E-state index contributed by atoms with van der Waals surface area (Å²) >= 11 is 2.56. The molecule has 0 aliphatic carbocycles. The average molecular weight is 443 g/mol. The summed E-state index contributed by atoms with van der Waals surface area (Å²) in [6, 6.07) is 8.84. The summed E-state index contributed by atoms with van der Waals surface area (Å²) < 4.78 is 3.84. The quantitative estimate of drug-likeness (QED) is 0.564. The predicted octanol–water partition coefficient (Wildman–Crippen LogP) is 4.91. The monoisotopic (exact) mass is 442 g/mol. The van der Waals surface area contributed by atoms with Crippen LogP contribution in [-0.2, 0) is 4.79 Å². The first-order valence-electron chi connectivity index (χ1n) is 9.76. The van der Waals surface area contributed by atoms with Crippen LogP contribution in [0.1, 0.15) is 59.7 Å². The van der Waals surface area contributed by atoms with Crippen LogP contribution in [0, 0.1) is 13.8 Å². The lowest BCUT2D eigenvalue weighted by Gasteiger charge is -2.33. The summed E-state index contributed by atoms with van der Waals surface area (Å²) in [5.74, 6) is -0.573. The smallest absolute Gasteiger partial charge is 0.280 e. The van der Waals surface area contributed by atoms with Gasteiger partial charge in [-0.2, -0.15) is 0 Å². The molecule has 1 atom stereocenters. The predicted molar refractivity (Wildman–Crippen MR) is 122 cm³/mol. The van der Waals surface area contributed by atoms with Crippen LogP contribution < -0.4 is 10.2 Å². The molecule has 3 aromatic rings. The number of aromatic nitrogens is 2. The van der Waals surface area contributed by atoms with Gasteiger partial charge >= 0.3 is 0 Å². The minimum absolute atomic E-state index is 0.222. The summed E-state index contributed by atoms with van der Waals surface area (Å²) in [5.41, 5.74) is 2.51. The third-order valence-corrected chi connectivity index (χ3v) is 6.38. The second kappa shape index (κ2) is 9.06. The van der Waals surface area contributed by atoms with Gasteiger partial charge in [0, 0.05) is 21.5 Å². The lowest BCUT2D eigenvalue weighted by atomic mass is 10.0. The number of rotatable bonds is 7. The molecular formula is C22H26N4O2S2. The number of nitrogens with zero attached hydrogens (tertiary/aromatic N) is 3. The van der Waals surface area contributed by atoms with E-state index in [4.69, 9.17) is 0 Å². The molecule has 3 rings (SSSR count). The Labute approximate surface area is 185 Å². The summed E-state index contributed by atoms with van der Waals surface area (Å²) in [6.07, 6.45) is 0.767. The molecule has 2 heterocycles. The number of thiophene rings is 1. The molecule has 0 radical (unpaired) electrons. The normalized spacial score (nSPS) is 12.4. The molecule has 1 N–H and O–H groups in total. The summed E-state index contributed by atoms with van der Waals surface area (Å²) in [5, 5.41) is 10.6. The third-order valence-electron chi connectivity index (χ3n) is 4.95. The van der Waals surface area contributed by atoms with Gasteiger partial charge < -0.3 is 5.32 Å². The van der Waals surface area contributed by atoms with Crippen molar-refractivity contribution in [1.82, 2.24) is 14.9 Å². The largest absolute Gasteiger partial charge is 0.349 e. The Hall–Kier alpha value is -2.58. The molecule has 8 heteroatoms. The van der Waals surface area contributed by atoms with Gasteiger partial charge in [0.1, 0.15) is 0 Å². The molecule has 0 aliphatic heterocycles. The van der Waals surface area contributed by atoms with Crippen molar-refractivity contribution in [3.05, 3.63) is 62.8 Å². The second-order valence-electron chi connectivity index (χ2n) is 7.96. The molecule has 158 valence electrons. The SMILES string of the molecule is CCC(C)(C)NC(=O)[C@H](c1cccs1)N(C(=O)c1csnn1)c1cc(C)cc(C)c1. The summed E-state index contributed by atoms with van der Waals surface area (Å²) in [4.78, 5) is 29.4.